The third-order valence-corrected chi connectivity index (χ3v) is 3.62. The Morgan fingerprint density at radius 2 is 1.67 bits per heavy atom. The second-order valence-corrected chi connectivity index (χ2v) is 5.34. The van der Waals surface area contributed by atoms with Crippen LogP contribution in [-0.2, 0) is 13.0 Å². The molecule has 0 unspecified atom stereocenters. The van der Waals surface area contributed by atoms with Gasteiger partial charge in [-0.3, -0.25) is 0 Å². The first-order valence-corrected chi connectivity index (χ1v) is 7.58. The molecule has 0 fully saturated rings. The summed E-state index contributed by atoms with van der Waals surface area (Å²) in [5.74, 6) is 1.86. The van der Waals surface area contributed by atoms with Crippen LogP contribution in [0.4, 0.5) is 0 Å². The summed E-state index contributed by atoms with van der Waals surface area (Å²) < 4.78 is 11.1. The van der Waals surface area contributed by atoms with E-state index in [9.17, 15) is 0 Å². The van der Waals surface area contributed by atoms with Gasteiger partial charge >= 0.3 is 0 Å². The Bertz CT molecular complexity index is 558. The first-order valence-electron chi connectivity index (χ1n) is 7.58. The van der Waals surface area contributed by atoms with E-state index in [1.54, 1.807) is 7.11 Å². The van der Waals surface area contributed by atoms with Crippen molar-refractivity contribution < 1.29 is 9.47 Å². The van der Waals surface area contributed by atoms with Crippen molar-refractivity contribution in [2.75, 3.05) is 7.11 Å². The minimum Gasteiger partial charge on any atom is -0.497 e. The van der Waals surface area contributed by atoms with E-state index in [2.05, 4.69) is 32.0 Å². The van der Waals surface area contributed by atoms with Crippen LogP contribution in [0.2, 0.25) is 0 Å². The highest BCUT2D eigenvalue weighted by atomic mass is 16.5. The fourth-order valence-electron chi connectivity index (χ4n) is 2.22. The normalized spacial score (nSPS) is 10.4. The number of benzene rings is 2. The van der Waals surface area contributed by atoms with Crippen LogP contribution in [-0.4, -0.2) is 7.11 Å². The van der Waals surface area contributed by atoms with Crippen LogP contribution in [0.5, 0.6) is 11.5 Å². The Hall–Kier alpha value is -1.96. The van der Waals surface area contributed by atoms with Crippen molar-refractivity contribution in [2.24, 2.45) is 0 Å². The Labute approximate surface area is 127 Å². The van der Waals surface area contributed by atoms with Gasteiger partial charge in [-0.2, -0.15) is 0 Å². The molecule has 0 spiro atoms. The molecular weight excluding hydrogens is 260 g/mol. The molecule has 112 valence electrons. The van der Waals surface area contributed by atoms with Gasteiger partial charge in [0.05, 0.1) is 7.11 Å². The lowest BCUT2D eigenvalue weighted by Gasteiger charge is -2.11. The van der Waals surface area contributed by atoms with E-state index in [1.807, 2.05) is 24.3 Å². The molecule has 2 aromatic carbocycles. The molecule has 0 aromatic heterocycles. The topological polar surface area (TPSA) is 18.5 Å². The summed E-state index contributed by atoms with van der Waals surface area (Å²) in [6.07, 6.45) is 3.56. The summed E-state index contributed by atoms with van der Waals surface area (Å²) in [7, 11) is 1.68. The first kappa shape index (κ1) is 15.4. The third kappa shape index (κ3) is 4.52. The van der Waals surface area contributed by atoms with Crippen molar-refractivity contribution in [3.05, 3.63) is 59.2 Å². The lowest BCUT2D eigenvalue weighted by molar-refractivity contribution is 0.303. The molecule has 0 amide bonds. The first-order chi connectivity index (χ1) is 10.2. The third-order valence-electron chi connectivity index (χ3n) is 3.62. The molecule has 2 aromatic rings. The maximum absolute atomic E-state index is 5.98. The van der Waals surface area contributed by atoms with Crippen LogP contribution in [0.15, 0.2) is 42.5 Å². The standard InChI is InChI=1S/C19H24O2/c1-4-5-6-16-8-7-15(2)19(13-16)21-14-17-9-11-18(20-3)12-10-17/h7-13H,4-6,14H2,1-3H3. The molecule has 2 nitrogen and oxygen atoms in total. The van der Waals surface area contributed by atoms with Crippen LogP contribution in [0.3, 0.4) is 0 Å². The Morgan fingerprint density at radius 3 is 2.33 bits per heavy atom. The highest BCUT2D eigenvalue weighted by Crippen LogP contribution is 2.22. The van der Waals surface area contributed by atoms with Crippen molar-refractivity contribution in [1.82, 2.24) is 0 Å². The van der Waals surface area contributed by atoms with Gasteiger partial charge < -0.3 is 9.47 Å². The van der Waals surface area contributed by atoms with Crippen molar-refractivity contribution in [3.63, 3.8) is 0 Å². The number of ether oxygens (including phenoxy) is 2. The number of methoxy groups -OCH3 is 1. The summed E-state index contributed by atoms with van der Waals surface area (Å²) in [6.45, 7) is 4.89. The van der Waals surface area contributed by atoms with E-state index in [0.717, 1.165) is 23.5 Å². The minimum absolute atomic E-state index is 0.585. The van der Waals surface area contributed by atoms with Gasteiger partial charge in [-0.05, 0) is 54.7 Å². The predicted molar refractivity (Wildman–Crippen MR) is 87.1 cm³/mol. The molecule has 0 aliphatic carbocycles. The van der Waals surface area contributed by atoms with Gasteiger partial charge in [0.25, 0.3) is 0 Å². The second-order valence-electron chi connectivity index (χ2n) is 5.34. The van der Waals surface area contributed by atoms with Gasteiger partial charge in [0.1, 0.15) is 18.1 Å². The van der Waals surface area contributed by atoms with E-state index >= 15 is 0 Å². The van der Waals surface area contributed by atoms with Gasteiger partial charge in [-0.1, -0.05) is 37.6 Å². The molecule has 0 atom stereocenters. The number of unbranched alkanes of at least 4 members (excludes halogenated alkanes) is 1. The van der Waals surface area contributed by atoms with E-state index in [1.165, 1.54) is 24.0 Å². The molecule has 0 N–H and O–H groups in total. The molecule has 0 saturated carbocycles. The monoisotopic (exact) mass is 284 g/mol. The summed E-state index contributed by atoms with van der Waals surface area (Å²) in [5.41, 5.74) is 3.69. The van der Waals surface area contributed by atoms with E-state index in [-0.39, 0.29) is 0 Å². The van der Waals surface area contributed by atoms with Crippen molar-refractivity contribution >= 4 is 0 Å². The average molecular weight is 284 g/mol. The molecule has 21 heavy (non-hydrogen) atoms. The molecule has 0 heterocycles. The highest BCUT2D eigenvalue weighted by molar-refractivity contribution is 5.37. The van der Waals surface area contributed by atoms with E-state index < -0.39 is 0 Å². The van der Waals surface area contributed by atoms with Gasteiger partial charge in [-0.25, -0.2) is 0 Å². The number of aryl methyl sites for hydroxylation is 2. The summed E-state index contributed by atoms with van der Waals surface area (Å²) >= 11 is 0. The van der Waals surface area contributed by atoms with Crippen LogP contribution in [0.1, 0.15) is 36.5 Å². The van der Waals surface area contributed by atoms with Crippen LogP contribution in [0, 0.1) is 6.92 Å². The SMILES string of the molecule is CCCCc1ccc(C)c(OCc2ccc(OC)cc2)c1. The number of rotatable bonds is 7. The van der Waals surface area contributed by atoms with Crippen molar-refractivity contribution in [3.8, 4) is 11.5 Å². The summed E-state index contributed by atoms with van der Waals surface area (Å²) in [6, 6.07) is 14.5. The molecule has 0 bridgehead atoms. The van der Waals surface area contributed by atoms with Crippen LogP contribution >= 0.6 is 0 Å². The Balaban J connectivity index is 2.00. The molecule has 0 radical (unpaired) electrons. The quantitative estimate of drug-likeness (QED) is 0.718. The fraction of sp³-hybridized carbons (Fsp3) is 0.368. The van der Waals surface area contributed by atoms with Crippen molar-refractivity contribution in [2.45, 2.75) is 39.7 Å². The zero-order valence-electron chi connectivity index (χ0n) is 13.2. The number of hydrogen-bond donors (Lipinski definition) is 0. The van der Waals surface area contributed by atoms with Gasteiger partial charge in [0, 0.05) is 0 Å². The lowest BCUT2D eigenvalue weighted by Crippen LogP contribution is -1.98. The Kier molecular flexibility index (Phi) is 5.68. The summed E-state index contributed by atoms with van der Waals surface area (Å²) in [5, 5.41) is 0. The highest BCUT2D eigenvalue weighted by Gasteiger charge is 2.03. The van der Waals surface area contributed by atoms with Crippen molar-refractivity contribution in [1.29, 1.82) is 0 Å². The maximum atomic E-state index is 5.98. The molecule has 2 heteroatoms. The maximum Gasteiger partial charge on any atom is 0.122 e. The minimum atomic E-state index is 0.585. The zero-order chi connectivity index (χ0) is 15.1. The largest absolute Gasteiger partial charge is 0.497 e. The predicted octanol–water partition coefficient (Wildman–Crippen LogP) is 4.93. The molecule has 0 aliphatic rings. The second kappa shape index (κ2) is 7.72. The van der Waals surface area contributed by atoms with Gasteiger partial charge in [0.2, 0.25) is 0 Å². The van der Waals surface area contributed by atoms with Crippen LogP contribution in [0.25, 0.3) is 0 Å². The van der Waals surface area contributed by atoms with E-state index in [0.29, 0.717) is 6.61 Å². The van der Waals surface area contributed by atoms with Gasteiger partial charge in [-0.15, -0.1) is 0 Å². The molecular formula is C19H24O2. The molecule has 0 aliphatic heterocycles. The van der Waals surface area contributed by atoms with E-state index in [4.69, 9.17) is 9.47 Å². The Morgan fingerprint density at radius 1 is 0.952 bits per heavy atom. The molecule has 0 saturated heterocycles. The molecule has 2 rings (SSSR count). The van der Waals surface area contributed by atoms with Gasteiger partial charge in [0.15, 0.2) is 0 Å². The number of hydrogen-bond acceptors (Lipinski definition) is 2. The zero-order valence-corrected chi connectivity index (χ0v) is 13.2. The van der Waals surface area contributed by atoms with Crippen LogP contribution < -0.4 is 9.47 Å². The lowest BCUT2D eigenvalue weighted by atomic mass is 10.1. The smallest absolute Gasteiger partial charge is 0.122 e. The fourth-order valence-corrected chi connectivity index (χ4v) is 2.22. The average Bonchev–Trinajstić information content (AvgIpc) is 2.53. The summed E-state index contributed by atoms with van der Waals surface area (Å²) in [4.78, 5) is 0.